The summed E-state index contributed by atoms with van der Waals surface area (Å²) in [7, 11) is 1.72. The third-order valence-electron chi connectivity index (χ3n) is 3.66. The SMILES string of the molecule is CCCCOc1cc2c(c(OC)c1C)COC(C)C2. The summed E-state index contributed by atoms with van der Waals surface area (Å²) < 4.78 is 17.2. The average molecular weight is 264 g/mol. The third-order valence-corrected chi connectivity index (χ3v) is 3.66. The summed E-state index contributed by atoms with van der Waals surface area (Å²) in [4.78, 5) is 0. The minimum Gasteiger partial charge on any atom is -0.496 e. The zero-order valence-electron chi connectivity index (χ0n) is 12.4. The van der Waals surface area contributed by atoms with E-state index in [1.54, 1.807) is 7.11 Å². The molecule has 0 saturated heterocycles. The molecule has 0 amide bonds. The van der Waals surface area contributed by atoms with Gasteiger partial charge in [-0.1, -0.05) is 13.3 Å². The molecule has 0 fully saturated rings. The van der Waals surface area contributed by atoms with Gasteiger partial charge in [-0.3, -0.25) is 0 Å². The van der Waals surface area contributed by atoms with E-state index >= 15 is 0 Å². The van der Waals surface area contributed by atoms with Crippen LogP contribution in [0.5, 0.6) is 11.5 Å². The van der Waals surface area contributed by atoms with E-state index in [1.807, 2.05) is 0 Å². The van der Waals surface area contributed by atoms with Crippen LogP contribution in [0.1, 0.15) is 43.4 Å². The highest BCUT2D eigenvalue weighted by Crippen LogP contribution is 2.37. The second-order valence-corrected chi connectivity index (χ2v) is 5.20. The number of fused-ring (bicyclic) bond motifs is 1. The van der Waals surface area contributed by atoms with E-state index in [0.29, 0.717) is 6.61 Å². The van der Waals surface area contributed by atoms with Gasteiger partial charge in [-0.05, 0) is 38.3 Å². The number of methoxy groups -OCH3 is 1. The van der Waals surface area contributed by atoms with Gasteiger partial charge in [0.05, 0.1) is 26.4 Å². The van der Waals surface area contributed by atoms with Crippen molar-refractivity contribution in [3.63, 3.8) is 0 Å². The highest BCUT2D eigenvalue weighted by Gasteiger charge is 2.23. The van der Waals surface area contributed by atoms with Crippen molar-refractivity contribution >= 4 is 0 Å². The fourth-order valence-corrected chi connectivity index (χ4v) is 2.52. The van der Waals surface area contributed by atoms with Crippen LogP contribution in [0.3, 0.4) is 0 Å². The highest BCUT2D eigenvalue weighted by molar-refractivity contribution is 5.54. The van der Waals surface area contributed by atoms with E-state index in [0.717, 1.165) is 42.9 Å². The summed E-state index contributed by atoms with van der Waals surface area (Å²) in [6, 6.07) is 2.17. The highest BCUT2D eigenvalue weighted by atomic mass is 16.5. The van der Waals surface area contributed by atoms with Crippen LogP contribution >= 0.6 is 0 Å². The lowest BCUT2D eigenvalue weighted by molar-refractivity contribution is 0.0394. The second-order valence-electron chi connectivity index (χ2n) is 5.20. The zero-order chi connectivity index (χ0) is 13.8. The molecule has 106 valence electrons. The van der Waals surface area contributed by atoms with Gasteiger partial charge in [0.25, 0.3) is 0 Å². The summed E-state index contributed by atoms with van der Waals surface area (Å²) in [5, 5.41) is 0. The second kappa shape index (κ2) is 6.29. The minimum atomic E-state index is 0.267. The van der Waals surface area contributed by atoms with Gasteiger partial charge >= 0.3 is 0 Å². The molecule has 1 unspecified atom stereocenters. The van der Waals surface area contributed by atoms with Crippen LogP contribution in [-0.2, 0) is 17.8 Å². The van der Waals surface area contributed by atoms with Crippen molar-refractivity contribution in [3.8, 4) is 11.5 Å². The Morgan fingerprint density at radius 1 is 1.42 bits per heavy atom. The molecule has 1 atom stereocenters. The first-order valence-electron chi connectivity index (χ1n) is 7.11. The van der Waals surface area contributed by atoms with Gasteiger partial charge in [0.15, 0.2) is 0 Å². The third kappa shape index (κ3) is 3.03. The number of rotatable bonds is 5. The summed E-state index contributed by atoms with van der Waals surface area (Å²) in [6.07, 6.45) is 3.42. The van der Waals surface area contributed by atoms with Gasteiger partial charge in [0.1, 0.15) is 11.5 Å². The number of unbranched alkanes of at least 4 members (excludes halogenated alkanes) is 1. The summed E-state index contributed by atoms with van der Waals surface area (Å²) in [6.45, 7) is 7.73. The fraction of sp³-hybridized carbons (Fsp3) is 0.625. The normalized spacial score (nSPS) is 18.0. The van der Waals surface area contributed by atoms with E-state index in [9.17, 15) is 0 Å². The molecule has 0 N–H and O–H groups in total. The van der Waals surface area contributed by atoms with Crippen LogP contribution in [0, 0.1) is 6.92 Å². The van der Waals surface area contributed by atoms with Crippen molar-refractivity contribution in [1.82, 2.24) is 0 Å². The quantitative estimate of drug-likeness (QED) is 0.760. The molecule has 3 nitrogen and oxygen atoms in total. The number of hydrogen-bond donors (Lipinski definition) is 0. The predicted octanol–water partition coefficient (Wildman–Crippen LogP) is 3.64. The molecule has 0 aliphatic carbocycles. The maximum Gasteiger partial charge on any atom is 0.131 e. The Kier molecular flexibility index (Phi) is 4.70. The van der Waals surface area contributed by atoms with Gasteiger partial charge in [-0.15, -0.1) is 0 Å². The van der Waals surface area contributed by atoms with Crippen LogP contribution in [0.15, 0.2) is 6.07 Å². The molecule has 1 aliphatic rings. The molecule has 0 spiro atoms. The molecule has 0 bridgehead atoms. The Balaban J connectivity index is 2.31. The van der Waals surface area contributed by atoms with Crippen molar-refractivity contribution in [2.75, 3.05) is 13.7 Å². The Morgan fingerprint density at radius 3 is 2.89 bits per heavy atom. The molecule has 0 radical (unpaired) electrons. The van der Waals surface area contributed by atoms with Gasteiger partial charge in [-0.25, -0.2) is 0 Å². The molecule has 1 aliphatic heterocycles. The largest absolute Gasteiger partial charge is 0.496 e. The van der Waals surface area contributed by atoms with Crippen molar-refractivity contribution < 1.29 is 14.2 Å². The first-order valence-corrected chi connectivity index (χ1v) is 7.11. The lowest BCUT2D eigenvalue weighted by Gasteiger charge is -2.26. The van der Waals surface area contributed by atoms with E-state index in [1.165, 1.54) is 11.1 Å². The standard InChI is InChI=1S/C16H24O3/c1-5-6-7-18-15-9-13-8-11(2)19-10-14(13)16(17-4)12(15)3/h9,11H,5-8,10H2,1-4H3. The lowest BCUT2D eigenvalue weighted by atomic mass is 9.95. The molecule has 19 heavy (non-hydrogen) atoms. The topological polar surface area (TPSA) is 27.7 Å². The maximum atomic E-state index is 5.90. The molecule has 1 heterocycles. The fourth-order valence-electron chi connectivity index (χ4n) is 2.52. The maximum absolute atomic E-state index is 5.90. The van der Waals surface area contributed by atoms with Gasteiger partial charge in [-0.2, -0.15) is 0 Å². The summed E-state index contributed by atoms with van der Waals surface area (Å²) >= 11 is 0. The first-order chi connectivity index (χ1) is 9.17. The Hall–Kier alpha value is -1.22. The monoisotopic (exact) mass is 264 g/mol. The van der Waals surface area contributed by atoms with E-state index in [-0.39, 0.29) is 6.10 Å². The zero-order valence-corrected chi connectivity index (χ0v) is 12.4. The Bertz CT molecular complexity index is 440. The molecule has 0 aromatic heterocycles. The van der Waals surface area contributed by atoms with E-state index in [2.05, 4.69) is 26.8 Å². The van der Waals surface area contributed by atoms with Crippen molar-refractivity contribution in [1.29, 1.82) is 0 Å². The van der Waals surface area contributed by atoms with Crippen molar-refractivity contribution in [3.05, 3.63) is 22.8 Å². The number of hydrogen-bond acceptors (Lipinski definition) is 3. The van der Waals surface area contributed by atoms with Crippen LogP contribution in [0.25, 0.3) is 0 Å². The van der Waals surface area contributed by atoms with Crippen LogP contribution in [0.2, 0.25) is 0 Å². The molecule has 1 aromatic rings. The van der Waals surface area contributed by atoms with E-state index < -0.39 is 0 Å². The minimum absolute atomic E-state index is 0.267. The predicted molar refractivity (Wildman–Crippen MR) is 76.1 cm³/mol. The van der Waals surface area contributed by atoms with Crippen LogP contribution < -0.4 is 9.47 Å². The number of ether oxygens (including phenoxy) is 3. The molecular weight excluding hydrogens is 240 g/mol. The molecule has 1 aromatic carbocycles. The van der Waals surface area contributed by atoms with Gasteiger partial charge in [0.2, 0.25) is 0 Å². The summed E-state index contributed by atoms with van der Waals surface area (Å²) in [5.74, 6) is 1.88. The van der Waals surface area contributed by atoms with Gasteiger partial charge < -0.3 is 14.2 Å². The van der Waals surface area contributed by atoms with Gasteiger partial charge in [0, 0.05) is 11.1 Å². The van der Waals surface area contributed by atoms with Crippen LogP contribution in [-0.4, -0.2) is 19.8 Å². The lowest BCUT2D eigenvalue weighted by Crippen LogP contribution is -2.20. The van der Waals surface area contributed by atoms with Crippen molar-refractivity contribution in [2.24, 2.45) is 0 Å². The molecule has 3 heteroatoms. The Morgan fingerprint density at radius 2 is 2.21 bits per heavy atom. The molecule has 2 rings (SSSR count). The van der Waals surface area contributed by atoms with E-state index in [4.69, 9.17) is 14.2 Å². The average Bonchev–Trinajstić information content (AvgIpc) is 2.40. The van der Waals surface area contributed by atoms with Crippen LogP contribution in [0.4, 0.5) is 0 Å². The number of benzene rings is 1. The molecule has 0 saturated carbocycles. The Labute approximate surface area is 115 Å². The molecular formula is C16H24O3. The van der Waals surface area contributed by atoms with Crippen molar-refractivity contribution in [2.45, 2.75) is 52.7 Å². The smallest absolute Gasteiger partial charge is 0.131 e. The first kappa shape index (κ1) is 14.2. The summed E-state index contributed by atoms with van der Waals surface area (Å²) in [5.41, 5.74) is 3.56.